The summed E-state index contributed by atoms with van der Waals surface area (Å²) in [5, 5.41) is 15.6. The maximum atomic E-state index is 7.79. The zero-order valence-electron chi connectivity index (χ0n) is 18.4. The third kappa shape index (κ3) is 4.71. The van der Waals surface area contributed by atoms with Crippen molar-refractivity contribution in [2.45, 2.75) is 39.8 Å². The average molecular weight is 419 g/mol. The predicted molar refractivity (Wildman–Crippen MR) is 129 cm³/mol. The Balaban J connectivity index is 1.82. The smallest absolute Gasteiger partial charge is 0.193 e. The molecule has 0 atom stereocenters. The number of nitrogens with two attached hydrogens (primary N) is 2. The number of hydrogen-bond acceptors (Lipinski definition) is 3. The van der Waals surface area contributed by atoms with E-state index in [-0.39, 0.29) is 24.0 Å². The Labute approximate surface area is 183 Å². The van der Waals surface area contributed by atoms with Gasteiger partial charge in [-0.2, -0.15) is 0 Å². The van der Waals surface area contributed by atoms with Gasteiger partial charge >= 0.3 is 0 Å². The summed E-state index contributed by atoms with van der Waals surface area (Å²) in [6.45, 7) is 7.98. The molecule has 0 unspecified atom stereocenters. The summed E-state index contributed by atoms with van der Waals surface area (Å²) >= 11 is 0. The lowest BCUT2D eigenvalue weighted by Crippen LogP contribution is -2.41. The molecule has 0 aliphatic carbocycles. The Hall–Kier alpha value is -3.74. The first-order valence-corrected chi connectivity index (χ1v) is 10.3. The van der Waals surface area contributed by atoms with E-state index in [2.05, 4.69) is 0 Å². The number of nitrogens with one attached hydrogen (secondary N) is 2. The number of hydrogen-bond donors (Lipinski definition) is 4. The zero-order chi connectivity index (χ0) is 22.7. The molecule has 2 aromatic carbocycles. The van der Waals surface area contributed by atoms with Crippen molar-refractivity contribution in [1.29, 1.82) is 10.8 Å². The lowest BCUT2D eigenvalue weighted by molar-refractivity contribution is 0.597. The number of guanidine groups is 2. The van der Waals surface area contributed by atoms with Crippen LogP contribution in [0.5, 0.6) is 0 Å². The fraction of sp³-hybridized carbons (Fsp3) is 0.250. The molecule has 1 aromatic heterocycles. The van der Waals surface area contributed by atoms with E-state index in [0.29, 0.717) is 0 Å². The summed E-state index contributed by atoms with van der Waals surface area (Å²) in [6.07, 6.45) is 0. The Morgan fingerprint density at radius 2 is 0.968 bits per heavy atom. The summed E-state index contributed by atoms with van der Waals surface area (Å²) in [7, 11) is 0. The molecule has 3 aromatic rings. The Morgan fingerprint density at radius 3 is 1.23 bits per heavy atom. The molecule has 0 amide bonds. The van der Waals surface area contributed by atoms with Crippen LogP contribution in [0.25, 0.3) is 22.6 Å². The van der Waals surface area contributed by atoms with Crippen molar-refractivity contribution in [3.05, 3.63) is 60.7 Å². The molecule has 0 spiro atoms. The van der Waals surface area contributed by atoms with Gasteiger partial charge in [-0.3, -0.25) is 10.8 Å². The van der Waals surface area contributed by atoms with Crippen molar-refractivity contribution >= 4 is 23.3 Å². The second-order valence-corrected chi connectivity index (χ2v) is 7.96. The van der Waals surface area contributed by atoms with Gasteiger partial charge in [-0.25, -0.2) is 0 Å². The molecule has 1 heterocycles. The highest BCUT2D eigenvalue weighted by atomic mass is 16.3. The van der Waals surface area contributed by atoms with Crippen molar-refractivity contribution in [2.75, 3.05) is 9.80 Å². The van der Waals surface area contributed by atoms with Gasteiger partial charge in [0, 0.05) is 34.6 Å². The number of anilines is 2. The van der Waals surface area contributed by atoms with Crippen LogP contribution in [0, 0.1) is 10.8 Å². The topological polar surface area (TPSA) is 119 Å². The first-order chi connectivity index (χ1) is 14.7. The van der Waals surface area contributed by atoms with Gasteiger partial charge in [-0.15, -0.1) is 0 Å². The second-order valence-electron chi connectivity index (χ2n) is 7.96. The van der Waals surface area contributed by atoms with E-state index < -0.39 is 0 Å². The summed E-state index contributed by atoms with van der Waals surface area (Å²) < 4.78 is 6.09. The number of nitrogens with zero attached hydrogens (tertiary/aromatic N) is 2. The highest BCUT2D eigenvalue weighted by Crippen LogP contribution is 2.31. The summed E-state index contributed by atoms with van der Waals surface area (Å²) in [5.41, 5.74) is 15.1. The van der Waals surface area contributed by atoms with Crippen LogP contribution in [0.1, 0.15) is 27.7 Å². The standard InChI is InChI=1S/C24H30N6O/c1-15(2)29(23(25)26)19-9-5-17(6-10-19)21-13-14-22(31-21)18-7-11-20(12-8-18)30(16(3)4)24(27)28/h5-16H,1-4H3,(H3,25,26)(H3,27,28). The molecule has 162 valence electrons. The second kappa shape index (κ2) is 8.95. The molecule has 0 aliphatic rings. The Morgan fingerprint density at radius 1 is 0.645 bits per heavy atom. The molecule has 3 rings (SSSR count). The van der Waals surface area contributed by atoms with Crippen molar-refractivity contribution in [1.82, 2.24) is 0 Å². The summed E-state index contributed by atoms with van der Waals surface area (Å²) in [6, 6.07) is 19.7. The molecular weight excluding hydrogens is 388 g/mol. The third-order valence-corrected chi connectivity index (χ3v) is 5.02. The molecule has 6 N–H and O–H groups in total. The molecule has 7 heteroatoms. The molecule has 0 radical (unpaired) electrons. The van der Waals surface area contributed by atoms with Crippen molar-refractivity contribution in [3.8, 4) is 22.6 Å². The number of benzene rings is 2. The van der Waals surface area contributed by atoms with Crippen LogP contribution in [0.2, 0.25) is 0 Å². The van der Waals surface area contributed by atoms with Crippen LogP contribution in [-0.2, 0) is 0 Å². The fourth-order valence-electron chi connectivity index (χ4n) is 3.65. The monoisotopic (exact) mass is 418 g/mol. The maximum Gasteiger partial charge on any atom is 0.193 e. The quantitative estimate of drug-likeness (QED) is 0.338. The minimum atomic E-state index is 0.0206. The van der Waals surface area contributed by atoms with Gasteiger partial charge in [-0.05, 0) is 88.4 Å². The normalized spacial score (nSPS) is 11.0. The van der Waals surface area contributed by atoms with E-state index in [0.717, 1.165) is 34.0 Å². The molecule has 0 aliphatic heterocycles. The molecule has 7 nitrogen and oxygen atoms in total. The zero-order valence-corrected chi connectivity index (χ0v) is 18.4. The van der Waals surface area contributed by atoms with Gasteiger partial charge in [0.15, 0.2) is 11.9 Å². The largest absolute Gasteiger partial charge is 0.456 e. The van der Waals surface area contributed by atoms with Crippen LogP contribution in [0.4, 0.5) is 11.4 Å². The first kappa shape index (κ1) is 22.0. The van der Waals surface area contributed by atoms with Crippen LogP contribution in [0.3, 0.4) is 0 Å². The number of rotatable bonds is 6. The van der Waals surface area contributed by atoms with Gasteiger partial charge in [0.1, 0.15) is 11.5 Å². The van der Waals surface area contributed by atoms with E-state index in [1.807, 2.05) is 88.4 Å². The molecule has 0 fully saturated rings. The highest BCUT2D eigenvalue weighted by molar-refractivity contribution is 5.94. The van der Waals surface area contributed by atoms with Gasteiger partial charge in [-0.1, -0.05) is 0 Å². The lowest BCUT2D eigenvalue weighted by atomic mass is 10.1. The highest BCUT2D eigenvalue weighted by Gasteiger charge is 2.15. The average Bonchev–Trinajstić information content (AvgIpc) is 3.18. The molecule has 0 saturated heterocycles. The van der Waals surface area contributed by atoms with E-state index in [4.69, 9.17) is 26.7 Å². The Bertz CT molecular complexity index is 966. The third-order valence-electron chi connectivity index (χ3n) is 5.02. The molecule has 0 bridgehead atoms. The van der Waals surface area contributed by atoms with E-state index >= 15 is 0 Å². The molecule has 31 heavy (non-hydrogen) atoms. The Kier molecular flexibility index (Phi) is 6.34. The minimum Gasteiger partial charge on any atom is -0.456 e. The fourth-order valence-corrected chi connectivity index (χ4v) is 3.65. The van der Waals surface area contributed by atoms with Gasteiger partial charge in [0.2, 0.25) is 0 Å². The van der Waals surface area contributed by atoms with Crippen LogP contribution < -0.4 is 21.3 Å². The number of furan rings is 1. The molecular formula is C24H30N6O. The van der Waals surface area contributed by atoms with E-state index in [1.165, 1.54) is 0 Å². The van der Waals surface area contributed by atoms with Gasteiger partial charge in [0.05, 0.1) is 0 Å². The van der Waals surface area contributed by atoms with Crippen molar-refractivity contribution in [2.24, 2.45) is 11.5 Å². The first-order valence-electron chi connectivity index (χ1n) is 10.3. The predicted octanol–water partition coefficient (Wildman–Crippen LogP) is 4.83. The summed E-state index contributed by atoms with van der Waals surface area (Å²) in [4.78, 5) is 3.53. The SMILES string of the molecule is CC(C)N(C(=N)N)c1ccc(-c2ccc(-c3ccc(N(C(=N)N)C(C)C)cc3)o2)cc1. The van der Waals surface area contributed by atoms with Crippen LogP contribution in [-0.4, -0.2) is 24.0 Å². The van der Waals surface area contributed by atoms with Crippen molar-refractivity contribution < 1.29 is 4.42 Å². The van der Waals surface area contributed by atoms with Crippen molar-refractivity contribution in [3.63, 3.8) is 0 Å². The minimum absolute atomic E-state index is 0.0206. The van der Waals surface area contributed by atoms with Crippen LogP contribution in [0.15, 0.2) is 65.1 Å². The van der Waals surface area contributed by atoms with Gasteiger partial charge in [0.25, 0.3) is 0 Å². The van der Waals surface area contributed by atoms with Gasteiger partial charge < -0.3 is 25.7 Å². The summed E-state index contributed by atoms with van der Waals surface area (Å²) in [5.74, 6) is 1.56. The molecule has 0 saturated carbocycles. The van der Waals surface area contributed by atoms with E-state index in [1.54, 1.807) is 9.80 Å². The maximum absolute atomic E-state index is 7.79. The van der Waals surface area contributed by atoms with E-state index in [9.17, 15) is 0 Å². The lowest BCUT2D eigenvalue weighted by Gasteiger charge is -2.27. The van der Waals surface area contributed by atoms with Crippen LogP contribution >= 0.6 is 0 Å².